The summed E-state index contributed by atoms with van der Waals surface area (Å²) in [7, 11) is 0. The van der Waals surface area contributed by atoms with Crippen molar-refractivity contribution < 1.29 is 0 Å². The number of rotatable bonds is 7. The molecule has 0 aromatic carbocycles. The molecular weight excluding hydrogens is 424 g/mol. The molecule has 2 nitrogen and oxygen atoms in total. The molecule has 3 saturated carbocycles. The SMILES string of the molecule is C=C/C=C1/C2(/C=C(\C)C#N)C(C(C)C=C)CCC12C1CCC(NC(=C)C)CCC(C)(C)CCC1C. The summed E-state index contributed by atoms with van der Waals surface area (Å²) < 4.78 is 0. The second-order valence-electron chi connectivity index (χ2n) is 12.9. The average molecular weight is 475 g/mol. The zero-order valence-electron chi connectivity index (χ0n) is 23.4. The monoisotopic (exact) mass is 474 g/mol. The fourth-order valence-corrected chi connectivity index (χ4v) is 8.20. The first-order chi connectivity index (χ1) is 16.5. The minimum absolute atomic E-state index is 0.0373. The summed E-state index contributed by atoms with van der Waals surface area (Å²) in [6, 6.07) is 2.94. The van der Waals surface area contributed by atoms with E-state index in [0.717, 1.165) is 11.3 Å². The van der Waals surface area contributed by atoms with E-state index in [0.29, 0.717) is 35.1 Å². The Balaban J connectivity index is 2.10. The molecule has 0 aromatic heterocycles. The van der Waals surface area contributed by atoms with Crippen LogP contribution in [0.1, 0.15) is 92.9 Å². The molecule has 0 bridgehead atoms. The van der Waals surface area contributed by atoms with Crippen molar-refractivity contribution in [3.63, 3.8) is 0 Å². The standard InChI is InChI=1S/C33H50N2/c1-10-12-30-32(20-17-29(25(6)11-2)33(30,32)21-24(5)22-34)28-14-13-27(35-23(3)4)16-19-31(8,9)18-15-26(28)7/h10-12,21,25-29,35H,1-3,13-20H2,4-9H3/b24-21+,30-12+. The molecule has 0 aliphatic heterocycles. The number of nitriles is 1. The molecule has 7 unspecified atom stereocenters. The molecular formula is C33H50N2. The lowest BCUT2D eigenvalue weighted by atomic mass is 9.67. The summed E-state index contributed by atoms with van der Waals surface area (Å²) in [5.41, 5.74) is 3.92. The third kappa shape index (κ3) is 4.98. The Labute approximate surface area is 216 Å². The number of nitrogens with zero attached hydrogens (tertiary/aromatic N) is 1. The van der Waals surface area contributed by atoms with Gasteiger partial charge in [0.1, 0.15) is 0 Å². The summed E-state index contributed by atoms with van der Waals surface area (Å²) in [6.45, 7) is 26.3. The van der Waals surface area contributed by atoms with Crippen molar-refractivity contribution in [1.29, 1.82) is 5.26 Å². The highest BCUT2D eigenvalue weighted by Gasteiger charge is 2.79. The Kier molecular flexibility index (Phi) is 8.30. The molecule has 35 heavy (non-hydrogen) atoms. The van der Waals surface area contributed by atoms with Gasteiger partial charge in [0.2, 0.25) is 0 Å². The van der Waals surface area contributed by atoms with Crippen molar-refractivity contribution in [3.8, 4) is 6.07 Å². The molecule has 1 N–H and O–H groups in total. The van der Waals surface area contributed by atoms with Gasteiger partial charge in [0.25, 0.3) is 0 Å². The van der Waals surface area contributed by atoms with E-state index in [9.17, 15) is 5.26 Å². The van der Waals surface area contributed by atoms with Crippen LogP contribution in [0.3, 0.4) is 0 Å². The average Bonchev–Trinajstić information content (AvgIpc) is 3.17. The maximum Gasteiger partial charge on any atom is 0.0941 e. The quantitative estimate of drug-likeness (QED) is 0.295. The van der Waals surface area contributed by atoms with Crippen molar-refractivity contribution >= 4 is 0 Å². The maximum absolute atomic E-state index is 9.80. The fraction of sp³-hybridized carbons (Fsp3) is 0.667. The molecule has 3 aliphatic rings. The van der Waals surface area contributed by atoms with Crippen LogP contribution in [0.15, 0.2) is 60.9 Å². The summed E-state index contributed by atoms with van der Waals surface area (Å²) in [5, 5.41) is 13.5. The Morgan fingerprint density at radius 2 is 1.77 bits per heavy atom. The Hall–Kier alpha value is -2.01. The molecule has 0 spiro atoms. The van der Waals surface area contributed by atoms with Crippen LogP contribution in [0.4, 0.5) is 0 Å². The second kappa shape index (κ2) is 10.5. The molecule has 7 atom stereocenters. The van der Waals surface area contributed by atoms with Crippen LogP contribution in [-0.2, 0) is 0 Å². The maximum atomic E-state index is 9.80. The number of allylic oxidation sites excluding steroid dienone is 7. The van der Waals surface area contributed by atoms with E-state index in [2.05, 4.69) is 84.0 Å². The van der Waals surface area contributed by atoms with E-state index in [1.165, 1.54) is 56.9 Å². The summed E-state index contributed by atoms with van der Waals surface area (Å²) in [6.07, 6.45) is 18.6. The van der Waals surface area contributed by atoms with Crippen molar-refractivity contribution in [2.75, 3.05) is 0 Å². The van der Waals surface area contributed by atoms with Crippen molar-refractivity contribution in [1.82, 2.24) is 5.32 Å². The number of hydrogen-bond donors (Lipinski definition) is 1. The lowest BCUT2D eigenvalue weighted by Gasteiger charge is -2.38. The number of nitrogens with one attached hydrogen (secondary N) is 1. The lowest BCUT2D eigenvalue weighted by molar-refractivity contribution is 0.133. The van der Waals surface area contributed by atoms with E-state index in [1.807, 2.05) is 13.0 Å². The van der Waals surface area contributed by atoms with Crippen LogP contribution >= 0.6 is 0 Å². The molecule has 3 fully saturated rings. The van der Waals surface area contributed by atoms with Crippen molar-refractivity contribution in [2.45, 2.75) is 99.0 Å². The molecule has 2 heteroatoms. The number of fused-ring (bicyclic) bond motifs is 1. The summed E-state index contributed by atoms with van der Waals surface area (Å²) in [4.78, 5) is 0. The summed E-state index contributed by atoms with van der Waals surface area (Å²) in [5.74, 6) is 2.16. The van der Waals surface area contributed by atoms with Crippen LogP contribution in [0.2, 0.25) is 0 Å². The van der Waals surface area contributed by atoms with Gasteiger partial charge in [-0.3, -0.25) is 0 Å². The zero-order valence-corrected chi connectivity index (χ0v) is 23.4. The first-order valence-corrected chi connectivity index (χ1v) is 14.0. The fourth-order valence-electron chi connectivity index (χ4n) is 8.20. The number of hydrogen-bond acceptors (Lipinski definition) is 2. The largest absolute Gasteiger partial charge is 0.386 e. The predicted molar refractivity (Wildman–Crippen MR) is 150 cm³/mol. The van der Waals surface area contributed by atoms with Gasteiger partial charge in [-0.2, -0.15) is 5.26 Å². The normalized spacial score (nSPS) is 39.1. The molecule has 0 radical (unpaired) electrons. The molecule has 3 rings (SSSR count). The molecule has 0 saturated heterocycles. The minimum Gasteiger partial charge on any atom is -0.386 e. The zero-order chi connectivity index (χ0) is 26.0. The van der Waals surface area contributed by atoms with E-state index in [1.54, 1.807) is 0 Å². The molecule has 3 aliphatic carbocycles. The third-order valence-electron chi connectivity index (χ3n) is 9.99. The third-order valence-corrected chi connectivity index (χ3v) is 9.99. The summed E-state index contributed by atoms with van der Waals surface area (Å²) >= 11 is 0. The van der Waals surface area contributed by atoms with Gasteiger partial charge in [-0.15, -0.1) is 6.58 Å². The van der Waals surface area contributed by atoms with Gasteiger partial charge >= 0.3 is 0 Å². The molecule has 0 heterocycles. The molecule has 192 valence electrons. The smallest absolute Gasteiger partial charge is 0.0941 e. The molecule has 0 amide bonds. The topological polar surface area (TPSA) is 35.8 Å². The lowest BCUT2D eigenvalue weighted by Crippen LogP contribution is -2.34. The highest BCUT2D eigenvalue weighted by Crippen LogP contribution is 2.85. The van der Waals surface area contributed by atoms with Crippen LogP contribution in [0.25, 0.3) is 0 Å². The van der Waals surface area contributed by atoms with Gasteiger partial charge in [0, 0.05) is 28.1 Å². The van der Waals surface area contributed by atoms with Gasteiger partial charge in [0.15, 0.2) is 0 Å². The first kappa shape index (κ1) is 27.6. The minimum atomic E-state index is -0.0373. The van der Waals surface area contributed by atoms with Gasteiger partial charge in [0.05, 0.1) is 6.07 Å². The van der Waals surface area contributed by atoms with Gasteiger partial charge < -0.3 is 5.32 Å². The van der Waals surface area contributed by atoms with E-state index in [4.69, 9.17) is 0 Å². The van der Waals surface area contributed by atoms with Crippen molar-refractivity contribution in [3.05, 3.63) is 60.9 Å². The second-order valence-corrected chi connectivity index (χ2v) is 12.9. The highest BCUT2D eigenvalue weighted by molar-refractivity contribution is 5.58. The Bertz CT molecular complexity index is 927. The van der Waals surface area contributed by atoms with Crippen LogP contribution in [0.5, 0.6) is 0 Å². The van der Waals surface area contributed by atoms with Gasteiger partial charge in [-0.25, -0.2) is 0 Å². The highest BCUT2D eigenvalue weighted by atomic mass is 14.9. The van der Waals surface area contributed by atoms with Crippen molar-refractivity contribution in [2.24, 2.45) is 39.9 Å². The Morgan fingerprint density at radius 3 is 2.37 bits per heavy atom. The van der Waals surface area contributed by atoms with Gasteiger partial charge in [-0.05, 0) is 94.3 Å². The van der Waals surface area contributed by atoms with E-state index in [-0.39, 0.29) is 10.8 Å². The molecule has 0 aromatic rings. The van der Waals surface area contributed by atoms with Crippen LogP contribution in [0, 0.1) is 51.2 Å². The van der Waals surface area contributed by atoms with Crippen LogP contribution < -0.4 is 5.32 Å². The predicted octanol–water partition coefficient (Wildman–Crippen LogP) is 8.91. The van der Waals surface area contributed by atoms with E-state index < -0.39 is 0 Å². The Morgan fingerprint density at radius 1 is 1.09 bits per heavy atom. The van der Waals surface area contributed by atoms with Gasteiger partial charge in [-0.1, -0.05) is 70.7 Å². The van der Waals surface area contributed by atoms with Crippen LogP contribution in [-0.4, -0.2) is 6.04 Å². The van der Waals surface area contributed by atoms with E-state index >= 15 is 0 Å². The first-order valence-electron chi connectivity index (χ1n) is 14.0.